The Morgan fingerprint density at radius 2 is 2.38 bits per heavy atom. The van der Waals surface area contributed by atoms with Crippen LogP contribution in [0.3, 0.4) is 0 Å². The van der Waals surface area contributed by atoms with Crippen LogP contribution in [0, 0.1) is 0 Å². The number of aliphatic hydroxyl groups excluding tert-OH is 1. The largest absolute Gasteiger partial charge is 0.391 e. The van der Waals surface area contributed by atoms with E-state index in [-0.39, 0.29) is 11.6 Å². The smallest absolute Gasteiger partial charge is 0.271 e. The predicted molar refractivity (Wildman–Crippen MR) is 62.8 cm³/mol. The summed E-state index contributed by atoms with van der Waals surface area (Å²) in [5.74, 6) is 0. The minimum atomic E-state index is -0.406. The highest BCUT2D eigenvalue weighted by Crippen LogP contribution is 2.29. The summed E-state index contributed by atoms with van der Waals surface area (Å²) in [5, 5.41) is 11.7. The Morgan fingerprint density at radius 3 is 3.12 bits per heavy atom. The molecule has 4 nitrogen and oxygen atoms in total. The van der Waals surface area contributed by atoms with Gasteiger partial charge in [0.25, 0.3) is 5.56 Å². The molecular weight excluding hydrogens is 224 g/mol. The van der Waals surface area contributed by atoms with Crippen molar-refractivity contribution < 1.29 is 5.11 Å². The maximum absolute atomic E-state index is 12.1. The molecule has 1 N–H and O–H groups in total. The van der Waals surface area contributed by atoms with Gasteiger partial charge in [-0.2, -0.15) is 0 Å². The van der Waals surface area contributed by atoms with Gasteiger partial charge >= 0.3 is 0 Å². The maximum Gasteiger partial charge on any atom is 0.271 e. The first-order chi connectivity index (χ1) is 7.77. The van der Waals surface area contributed by atoms with Crippen molar-refractivity contribution in [2.45, 2.75) is 31.4 Å². The molecule has 2 atom stereocenters. The zero-order valence-corrected chi connectivity index (χ0v) is 9.48. The number of hydrogen-bond donors (Lipinski definition) is 1. The first-order valence-corrected chi connectivity index (χ1v) is 6.28. The predicted octanol–water partition coefficient (Wildman–Crippen LogP) is 1.54. The highest BCUT2D eigenvalue weighted by molar-refractivity contribution is 7.17. The molecule has 0 aliphatic heterocycles. The second-order valence-corrected chi connectivity index (χ2v) is 5.07. The molecule has 0 spiro atoms. The van der Waals surface area contributed by atoms with E-state index in [9.17, 15) is 9.90 Å². The molecule has 2 aromatic heterocycles. The van der Waals surface area contributed by atoms with Crippen molar-refractivity contribution in [1.29, 1.82) is 0 Å². The fraction of sp³-hybridized carbons (Fsp3) is 0.455. The van der Waals surface area contributed by atoms with Crippen molar-refractivity contribution in [2.75, 3.05) is 0 Å². The number of rotatable bonds is 1. The Labute approximate surface area is 96.2 Å². The molecular formula is C11H12N2O2S. The number of aliphatic hydroxyl groups is 1. The summed E-state index contributed by atoms with van der Waals surface area (Å²) in [6, 6.07) is 1.75. The van der Waals surface area contributed by atoms with Crippen molar-refractivity contribution in [2.24, 2.45) is 0 Å². The molecule has 2 aromatic rings. The van der Waals surface area contributed by atoms with E-state index in [1.165, 1.54) is 11.3 Å². The van der Waals surface area contributed by atoms with E-state index in [4.69, 9.17) is 0 Å². The molecule has 1 fully saturated rings. The fourth-order valence-corrected chi connectivity index (χ4v) is 3.12. The lowest BCUT2D eigenvalue weighted by molar-refractivity contribution is 0.134. The van der Waals surface area contributed by atoms with Crippen LogP contribution >= 0.6 is 11.3 Å². The third kappa shape index (κ3) is 1.39. The van der Waals surface area contributed by atoms with Crippen LogP contribution in [0.4, 0.5) is 0 Å². The van der Waals surface area contributed by atoms with Crippen LogP contribution in [-0.4, -0.2) is 20.8 Å². The Hall–Kier alpha value is -1.20. The van der Waals surface area contributed by atoms with Gasteiger partial charge in [-0.25, -0.2) is 4.98 Å². The average molecular weight is 236 g/mol. The van der Waals surface area contributed by atoms with Crippen molar-refractivity contribution >= 4 is 21.6 Å². The van der Waals surface area contributed by atoms with Gasteiger partial charge in [-0.05, 0) is 30.7 Å². The Morgan fingerprint density at radius 1 is 1.50 bits per heavy atom. The summed E-state index contributed by atoms with van der Waals surface area (Å²) in [4.78, 5) is 16.4. The van der Waals surface area contributed by atoms with Crippen LogP contribution in [0.2, 0.25) is 0 Å². The normalized spacial score (nSPS) is 25.3. The van der Waals surface area contributed by atoms with E-state index in [2.05, 4.69) is 4.98 Å². The highest BCUT2D eigenvalue weighted by Gasteiger charge is 2.27. The monoisotopic (exact) mass is 236 g/mol. The number of thiophene rings is 1. The van der Waals surface area contributed by atoms with Gasteiger partial charge in [0, 0.05) is 0 Å². The summed E-state index contributed by atoms with van der Waals surface area (Å²) in [6.07, 6.45) is 3.77. The summed E-state index contributed by atoms with van der Waals surface area (Å²) >= 11 is 1.41. The quantitative estimate of drug-likeness (QED) is 0.817. The molecule has 1 aliphatic carbocycles. The first kappa shape index (κ1) is 9.99. The van der Waals surface area contributed by atoms with Crippen molar-refractivity contribution in [3.8, 4) is 0 Å². The molecule has 2 heterocycles. The maximum atomic E-state index is 12.1. The lowest BCUT2D eigenvalue weighted by Gasteiger charge is -2.16. The summed E-state index contributed by atoms with van der Waals surface area (Å²) in [5.41, 5.74) is 0.727. The Balaban J connectivity index is 2.16. The minimum absolute atomic E-state index is 0.0223. The van der Waals surface area contributed by atoms with Crippen LogP contribution in [0.5, 0.6) is 0 Å². The van der Waals surface area contributed by atoms with Crippen molar-refractivity contribution in [1.82, 2.24) is 9.55 Å². The van der Waals surface area contributed by atoms with Gasteiger partial charge in [-0.1, -0.05) is 0 Å². The molecule has 1 saturated carbocycles. The molecule has 3 rings (SSSR count). The summed E-state index contributed by atoms with van der Waals surface area (Å²) in [6.45, 7) is 0. The lowest BCUT2D eigenvalue weighted by atomic mass is 10.2. The summed E-state index contributed by atoms with van der Waals surface area (Å²) in [7, 11) is 0. The van der Waals surface area contributed by atoms with E-state index >= 15 is 0 Å². The second kappa shape index (κ2) is 3.68. The van der Waals surface area contributed by atoms with Crippen molar-refractivity contribution in [3.63, 3.8) is 0 Å². The van der Waals surface area contributed by atoms with Crippen LogP contribution in [0.25, 0.3) is 10.2 Å². The van der Waals surface area contributed by atoms with Gasteiger partial charge in [-0.15, -0.1) is 11.3 Å². The topological polar surface area (TPSA) is 55.1 Å². The highest BCUT2D eigenvalue weighted by atomic mass is 32.1. The number of hydrogen-bond acceptors (Lipinski definition) is 4. The van der Waals surface area contributed by atoms with Gasteiger partial charge in [-0.3, -0.25) is 9.36 Å². The molecule has 0 aromatic carbocycles. The molecule has 0 radical (unpaired) electrons. The third-order valence-corrected chi connectivity index (χ3v) is 4.09. The second-order valence-electron chi connectivity index (χ2n) is 4.16. The zero-order valence-electron chi connectivity index (χ0n) is 8.67. The van der Waals surface area contributed by atoms with E-state index in [1.807, 2.05) is 11.4 Å². The molecule has 1 aliphatic rings. The fourth-order valence-electron chi connectivity index (χ4n) is 2.34. The first-order valence-electron chi connectivity index (χ1n) is 5.40. The molecule has 0 saturated heterocycles. The van der Waals surface area contributed by atoms with Crippen molar-refractivity contribution in [3.05, 3.63) is 28.1 Å². The van der Waals surface area contributed by atoms with Gasteiger partial charge < -0.3 is 5.11 Å². The zero-order chi connectivity index (χ0) is 11.1. The van der Waals surface area contributed by atoms with Gasteiger partial charge in [0.15, 0.2) is 0 Å². The molecule has 0 bridgehead atoms. The molecule has 0 unspecified atom stereocenters. The SMILES string of the molecule is O=c1c2sccc2ncn1[C@H]1CCC[C@@H]1O. The van der Waals surface area contributed by atoms with E-state index in [1.54, 1.807) is 10.9 Å². The number of nitrogens with zero attached hydrogens (tertiary/aromatic N) is 2. The van der Waals surface area contributed by atoms with E-state index in [0.29, 0.717) is 4.70 Å². The van der Waals surface area contributed by atoms with Gasteiger partial charge in [0.1, 0.15) is 4.70 Å². The average Bonchev–Trinajstić information content (AvgIpc) is 2.88. The lowest BCUT2D eigenvalue weighted by Crippen LogP contribution is -2.29. The standard InChI is InChI=1S/C11H12N2O2S/c14-9-3-1-2-8(9)13-6-12-7-4-5-16-10(7)11(13)15/h4-6,8-9,14H,1-3H2/t8-,9-/m0/s1. The number of fused-ring (bicyclic) bond motifs is 1. The summed E-state index contributed by atoms with van der Waals surface area (Å²) < 4.78 is 2.28. The third-order valence-electron chi connectivity index (χ3n) is 3.20. The van der Waals surface area contributed by atoms with Crippen LogP contribution < -0.4 is 5.56 Å². The molecule has 0 amide bonds. The van der Waals surface area contributed by atoms with Crippen LogP contribution in [-0.2, 0) is 0 Å². The molecule has 16 heavy (non-hydrogen) atoms. The Bertz CT molecular complexity index is 575. The molecule has 84 valence electrons. The van der Waals surface area contributed by atoms with Crippen LogP contribution in [0.1, 0.15) is 25.3 Å². The Kier molecular flexibility index (Phi) is 2.29. The van der Waals surface area contributed by atoms with E-state index in [0.717, 1.165) is 24.8 Å². The van der Waals surface area contributed by atoms with E-state index < -0.39 is 6.10 Å². The van der Waals surface area contributed by atoms with Gasteiger partial charge in [0.2, 0.25) is 0 Å². The minimum Gasteiger partial charge on any atom is -0.391 e. The molecule has 5 heteroatoms. The van der Waals surface area contributed by atoms with Gasteiger partial charge in [0.05, 0.1) is 24.0 Å². The van der Waals surface area contributed by atoms with Crippen LogP contribution in [0.15, 0.2) is 22.6 Å². The number of aromatic nitrogens is 2.